The predicted molar refractivity (Wildman–Crippen MR) is 123 cm³/mol. The van der Waals surface area contributed by atoms with Gasteiger partial charge >= 0.3 is 0 Å². The minimum absolute atomic E-state index is 0.0526. The van der Waals surface area contributed by atoms with E-state index in [0.717, 1.165) is 18.4 Å². The summed E-state index contributed by atoms with van der Waals surface area (Å²) in [5.41, 5.74) is 1.21. The highest BCUT2D eigenvalue weighted by molar-refractivity contribution is 7.91. The lowest BCUT2D eigenvalue weighted by atomic mass is 10.1. The SMILES string of the molecule is CCCCn1cc(S(=O)(=O)c2ccc(C)cc2)c(=O)c2cc(F)c(N(CC)CC)cc21. The van der Waals surface area contributed by atoms with Crippen LogP contribution in [0.5, 0.6) is 0 Å². The first-order valence-corrected chi connectivity index (χ1v) is 12.2. The quantitative estimate of drug-likeness (QED) is 0.494. The van der Waals surface area contributed by atoms with E-state index in [9.17, 15) is 17.6 Å². The van der Waals surface area contributed by atoms with E-state index in [-0.39, 0.29) is 15.2 Å². The fourth-order valence-electron chi connectivity index (χ4n) is 3.73. The van der Waals surface area contributed by atoms with Crippen molar-refractivity contribution < 1.29 is 12.8 Å². The van der Waals surface area contributed by atoms with Gasteiger partial charge in [0.2, 0.25) is 15.3 Å². The Hall–Kier alpha value is -2.67. The Bertz CT molecular complexity index is 1240. The van der Waals surface area contributed by atoms with Gasteiger partial charge in [0.1, 0.15) is 10.7 Å². The molecule has 0 saturated carbocycles. The fraction of sp³-hybridized carbons (Fsp3) is 0.375. The van der Waals surface area contributed by atoms with Crippen LogP contribution in [-0.2, 0) is 16.4 Å². The highest BCUT2D eigenvalue weighted by Crippen LogP contribution is 2.27. The zero-order chi connectivity index (χ0) is 22.8. The minimum Gasteiger partial charge on any atom is -0.370 e. The summed E-state index contributed by atoms with van der Waals surface area (Å²) in [5.74, 6) is -0.528. The minimum atomic E-state index is -4.04. The number of sulfone groups is 1. The first-order chi connectivity index (χ1) is 14.7. The van der Waals surface area contributed by atoms with Gasteiger partial charge in [0.25, 0.3) is 0 Å². The van der Waals surface area contributed by atoms with Crippen molar-refractivity contribution >= 4 is 26.4 Å². The first-order valence-electron chi connectivity index (χ1n) is 10.7. The van der Waals surface area contributed by atoms with E-state index in [1.54, 1.807) is 22.8 Å². The van der Waals surface area contributed by atoms with Gasteiger partial charge in [-0.15, -0.1) is 0 Å². The second kappa shape index (κ2) is 9.22. The molecule has 0 radical (unpaired) electrons. The van der Waals surface area contributed by atoms with Crippen molar-refractivity contribution in [1.82, 2.24) is 4.57 Å². The standard InChI is InChI=1S/C24H29FN2O3S/c1-5-8-13-27-16-23(31(29,30)18-11-9-17(4)10-12-18)24(28)19-14-20(25)22(15-21(19)27)26(6-2)7-3/h9-12,14-16H,5-8,13H2,1-4H3. The molecule has 0 bridgehead atoms. The molecule has 166 valence electrons. The van der Waals surface area contributed by atoms with Gasteiger partial charge in [0, 0.05) is 25.8 Å². The molecular formula is C24H29FN2O3S. The van der Waals surface area contributed by atoms with Crippen LogP contribution in [0.25, 0.3) is 10.9 Å². The van der Waals surface area contributed by atoms with Crippen LogP contribution in [0.1, 0.15) is 39.2 Å². The molecule has 3 aromatic rings. The molecule has 0 aliphatic carbocycles. The number of anilines is 1. The molecule has 0 aliphatic rings. The maximum atomic E-state index is 15.0. The monoisotopic (exact) mass is 444 g/mol. The van der Waals surface area contributed by atoms with Gasteiger partial charge in [0.15, 0.2) is 0 Å². The van der Waals surface area contributed by atoms with Crippen molar-refractivity contribution in [2.75, 3.05) is 18.0 Å². The van der Waals surface area contributed by atoms with Crippen LogP contribution in [0, 0.1) is 12.7 Å². The van der Waals surface area contributed by atoms with Crippen LogP contribution in [-0.4, -0.2) is 26.1 Å². The van der Waals surface area contributed by atoms with Gasteiger partial charge in [0.05, 0.1) is 21.5 Å². The van der Waals surface area contributed by atoms with E-state index >= 15 is 0 Å². The van der Waals surface area contributed by atoms with Gasteiger partial charge in [-0.05, 0) is 51.5 Å². The molecule has 7 heteroatoms. The third-order valence-corrected chi connectivity index (χ3v) is 7.36. The number of unbranched alkanes of at least 4 members (excludes halogenated alkanes) is 1. The van der Waals surface area contributed by atoms with E-state index in [1.165, 1.54) is 24.4 Å². The summed E-state index contributed by atoms with van der Waals surface area (Å²) in [5, 5.41) is 0.0812. The fourth-order valence-corrected chi connectivity index (χ4v) is 5.10. The highest BCUT2D eigenvalue weighted by atomic mass is 32.2. The average Bonchev–Trinajstić information content (AvgIpc) is 2.75. The number of fused-ring (bicyclic) bond motifs is 1. The van der Waals surface area contributed by atoms with Crippen molar-refractivity contribution in [2.45, 2.75) is 56.9 Å². The van der Waals surface area contributed by atoms with Crippen molar-refractivity contribution in [3.63, 3.8) is 0 Å². The zero-order valence-corrected chi connectivity index (χ0v) is 19.3. The second-order valence-electron chi connectivity index (χ2n) is 7.68. The lowest BCUT2D eigenvalue weighted by Gasteiger charge is -2.23. The Kier molecular flexibility index (Phi) is 6.84. The molecule has 2 aromatic carbocycles. The van der Waals surface area contributed by atoms with Crippen molar-refractivity contribution in [3.05, 3.63) is 64.2 Å². The van der Waals surface area contributed by atoms with E-state index < -0.39 is 21.1 Å². The van der Waals surface area contributed by atoms with Crippen LogP contribution in [0.2, 0.25) is 0 Å². The number of hydrogen-bond donors (Lipinski definition) is 0. The summed E-state index contributed by atoms with van der Waals surface area (Å²) in [6.45, 7) is 9.56. The highest BCUT2D eigenvalue weighted by Gasteiger charge is 2.25. The normalized spacial score (nSPS) is 11.8. The summed E-state index contributed by atoms with van der Waals surface area (Å²) in [6.07, 6.45) is 3.12. The topological polar surface area (TPSA) is 59.4 Å². The molecule has 5 nitrogen and oxygen atoms in total. The Morgan fingerprint density at radius 2 is 1.68 bits per heavy atom. The third kappa shape index (κ3) is 4.37. The molecule has 3 rings (SSSR count). The van der Waals surface area contributed by atoms with E-state index in [2.05, 4.69) is 0 Å². The number of halogens is 1. The largest absolute Gasteiger partial charge is 0.370 e. The number of rotatable bonds is 8. The number of aromatic nitrogens is 1. The predicted octanol–water partition coefficient (Wildman–Crippen LogP) is 4.93. The van der Waals surface area contributed by atoms with E-state index in [0.29, 0.717) is 30.8 Å². The lowest BCUT2D eigenvalue weighted by Crippen LogP contribution is -2.24. The summed E-state index contributed by atoms with van der Waals surface area (Å²) in [4.78, 5) is 14.8. The van der Waals surface area contributed by atoms with Crippen LogP contribution in [0.15, 0.2) is 57.2 Å². The Labute approximate surface area is 183 Å². The summed E-state index contributed by atoms with van der Waals surface area (Å²) in [6, 6.07) is 9.22. The first kappa shape index (κ1) is 23.0. The van der Waals surface area contributed by atoms with Gasteiger partial charge in [-0.1, -0.05) is 31.0 Å². The van der Waals surface area contributed by atoms with Crippen molar-refractivity contribution in [1.29, 1.82) is 0 Å². The van der Waals surface area contributed by atoms with Crippen LogP contribution in [0.4, 0.5) is 10.1 Å². The smallest absolute Gasteiger partial charge is 0.211 e. The number of nitrogens with zero attached hydrogens (tertiary/aromatic N) is 2. The zero-order valence-electron chi connectivity index (χ0n) is 18.5. The number of benzene rings is 2. The van der Waals surface area contributed by atoms with E-state index in [1.807, 2.05) is 32.6 Å². The van der Waals surface area contributed by atoms with Crippen molar-refractivity contribution in [3.8, 4) is 0 Å². The molecule has 1 heterocycles. The van der Waals surface area contributed by atoms with Gasteiger partial charge in [-0.3, -0.25) is 4.79 Å². The maximum Gasteiger partial charge on any atom is 0.211 e. The summed E-state index contributed by atoms with van der Waals surface area (Å²) in [7, 11) is -4.04. The summed E-state index contributed by atoms with van der Waals surface area (Å²) >= 11 is 0. The molecule has 31 heavy (non-hydrogen) atoms. The number of pyridine rings is 1. The molecular weight excluding hydrogens is 415 g/mol. The maximum absolute atomic E-state index is 15.0. The van der Waals surface area contributed by atoms with Crippen LogP contribution in [0.3, 0.4) is 0 Å². The Morgan fingerprint density at radius 1 is 1.03 bits per heavy atom. The summed E-state index contributed by atoms with van der Waals surface area (Å²) < 4.78 is 43.3. The number of aryl methyl sites for hydroxylation is 2. The number of hydrogen-bond acceptors (Lipinski definition) is 4. The molecule has 0 aliphatic heterocycles. The van der Waals surface area contributed by atoms with Gasteiger partial charge < -0.3 is 9.47 Å². The molecule has 0 atom stereocenters. The molecule has 0 amide bonds. The average molecular weight is 445 g/mol. The lowest BCUT2D eigenvalue weighted by molar-refractivity contribution is 0.590. The molecule has 0 fully saturated rings. The molecule has 1 aromatic heterocycles. The molecule has 0 spiro atoms. The van der Waals surface area contributed by atoms with Gasteiger partial charge in [-0.2, -0.15) is 0 Å². The Morgan fingerprint density at radius 3 is 2.26 bits per heavy atom. The van der Waals surface area contributed by atoms with Crippen molar-refractivity contribution in [2.24, 2.45) is 0 Å². The Balaban J connectivity index is 2.32. The molecule has 0 unspecified atom stereocenters. The van der Waals surface area contributed by atoms with Gasteiger partial charge in [-0.25, -0.2) is 12.8 Å². The van der Waals surface area contributed by atoms with E-state index in [4.69, 9.17) is 0 Å². The van der Waals surface area contributed by atoms with Crippen LogP contribution < -0.4 is 10.3 Å². The molecule has 0 N–H and O–H groups in total. The third-order valence-electron chi connectivity index (χ3n) is 5.59. The van der Waals surface area contributed by atoms with Crippen LogP contribution >= 0.6 is 0 Å². The second-order valence-corrected chi connectivity index (χ2v) is 9.60. The molecule has 0 saturated heterocycles.